The van der Waals surface area contributed by atoms with Crippen LogP contribution in [0.4, 0.5) is 9.59 Å². The molecule has 8 nitrogen and oxygen atoms in total. The molecule has 0 atom stereocenters. The van der Waals surface area contributed by atoms with E-state index < -0.39 is 20.1 Å². The van der Waals surface area contributed by atoms with E-state index >= 15 is 0 Å². The van der Waals surface area contributed by atoms with E-state index in [9.17, 15) is 14.2 Å². The Morgan fingerprint density at radius 1 is 1.17 bits per heavy atom. The van der Waals surface area contributed by atoms with Crippen molar-refractivity contribution in [2.45, 2.75) is 0 Å². The summed E-state index contributed by atoms with van der Waals surface area (Å²) in [7, 11) is -4.75. The second kappa shape index (κ2) is 4.15. The van der Waals surface area contributed by atoms with Gasteiger partial charge < -0.3 is 19.3 Å². The molecule has 0 spiro atoms. The highest BCUT2D eigenvalue weighted by Crippen LogP contribution is 2.50. The van der Waals surface area contributed by atoms with Gasteiger partial charge in [0.1, 0.15) is 0 Å². The fourth-order valence-electron chi connectivity index (χ4n) is 0.238. The third kappa shape index (κ3) is 4.02. The van der Waals surface area contributed by atoms with Crippen molar-refractivity contribution in [2.24, 2.45) is 0 Å². The molecule has 2 N–H and O–H groups in total. The number of phosphoric ester groups is 1. The lowest BCUT2D eigenvalue weighted by Gasteiger charge is -2.07. The van der Waals surface area contributed by atoms with Crippen molar-refractivity contribution in [3.63, 3.8) is 0 Å². The van der Waals surface area contributed by atoms with Gasteiger partial charge in [0, 0.05) is 0 Å². The smallest absolute Gasteiger partial charge is 0.449 e. The molecule has 10 heteroatoms. The van der Waals surface area contributed by atoms with E-state index in [0.29, 0.717) is 0 Å². The summed E-state index contributed by atoms with van der Waals surface area (Å²) < 4.78 is 20.8. The van der Waals surface area contributed by atoms with E-state index in [1.165, 1.54) is 0 Å². The third-order valence-corrected chi connectivity index (χ3v) is 1.90. The van der Waals surface area contributed by atoms with Crippen LogP contribution < -0.4 is 0 Å². The summed E-state index contributed by atoms with van der Waals surface area (Å²) in [6.07, 6.45) is -4.08. The molecule has 0 unspecified atom stereocenters. The lowest BCUT2D eigenvalue weighted by Crippen LogP contribution is -2.05. The Kier molecular flexibility index (Phi) is 3.81. The normalized spacial score (nSPS) is 10.4. The monoisotopic (exact) mass is 220 g/mol. The second-order valence-electron chi connectivity index (χ2n) is 1.23. The van der Waals surface area contributed by atoms with Crippen LogP contribution in [0.3, 0.4) is 0 Å². The lowest BCUT2D eigenvalue weighted by molar-refractivity contribution is 0.105. The van der Waals surface area contributed by atoms with Crippen molar-refractivity contribution in [3.8, 4) is 0 Å². The topological polar surface area (TPSA) is 119 Å². The Morgan fingerprint density at radius 2 is 1.50 bits per heavy atom. The first-order valence-corrected chi connectivity index (χ1v) is 3.92. The van der Waals surface area contributed by atoms with Gasteiger partial charge in [0.15, 0.2) is 0 Å². The van der Waals surface area contributed by atoms with Crippen molar-refractivity contribution in [1.29, 1.82) is 0 Å². The Bertz CT molecular complexity index is 215. The second-order valence-corrected chi connectivity index (χ2v) is 3.04. The minimum absolute atomic E-state index is 2.04. The molecule has 0 fully saturated rings. The van der Waals surface area contributed by atoms with Crippen molar-refractivity contribution in [1.82, 2.24) is 0 Å². The van der Waals surface area contributed by atoms with Gasteiger partial charge in [0.2, 0.25) is 0 Å². The first kappa shape index (κ1) is 11.0. The maximum absolute atomic E-state index is 10.6. The molecular weight excluding hydrogens is 218 g/mol. The summed E-state index contributed by atoms with van der Waals surface area (Å²) in [5, 5.41) is 15.8. The minimum atomic E-state index is -4.75. The van der Waals surface area contributed by atoms with Crippen LogP contribution in [0.1, 0.15) is 0 Å². The summed E-state index contributed by atoms with van der Waals surface area (Å²) in [6, 6.07) is 0. The molecule has 0 amide bonds. The Labute approximate surface area is 70.4 Å². The van der Waals surface area contributed by atoms with E-state index in [1.54, 1.807) is 0 Å². The van der Waals surface area contributed by atoms with Gasteiger partial charge in [-0.15, -0.1) is 0 Å². The maximum Gasteiger partial charge on any atom is 0.613 e. The van der Waals surface area contributed by atoms with Crippen LogP contribution in [-0.2, 0) is 17.7 Å². The fourth-order valence-corrected chi connectivity index (χ4v) is 0.883. The van der Waals surface area contributed by atoms with E-state index in [2.05, 4.69) is 25.0 Å². The molecule has 0 bridgehead atoms. The predicted octanol–water partition coefficient (Wildman–Crippen LogP) is 1.65. The van der Waals surface area contributed by atoms with Crippen LogP contribution in [-0.4, -0.2) is 22.5 Å². The van der Waals surface area contributed by atoms with Crippen LogP contribution in [0.5, 0.6) is 0 Å². The van der Waals surface area contributed by atoms with Crippen molar-refractivity contribution in [3.05, 3.63) is 0 Å². The van der Waals surface area contributed by atoms with Gasteiger partial charge in [-0.3, -0.25) is 0 Å². The minimum Gasteiger partial charge on any atom is -0.449 e. The summed E-state index contributed by atoms with van der Waals surface area (Å²) in [4.78, 5) is 19.5. The first-order valence-electron chi connectivity index (χ1n) is 2.15. The van der Waals surface area contributed by atoms with E-state index in [4.69, 9.17) is 10.2 Å². The Morgan fingerprint density at radius 3 is 1.67 bits per heavy atom. The van der Waals surface area contributed by atoms with Crippen LogP contribution in [0.2, 0.25) is 0 Å². The van der Waals surface area contributed by atoms with Gasteiger partial charge in [-0.05, 0) is 0 Å². The zero-order valence-corrected chi connectivity index (χ0v) is 6.82. The maximum atomic E-state index is 10.6. The average molecular weight is 220 g/mol. The van der Waals surface area contributed by atoms with Crippen molar-refractivity contribution >= 4 is 32.0 Å². The highest BCUT2D eigenvalue weighted by Gasteiger charge is 2.35. The average Bonchev–Trinajstić information content (AvgIpc) is 1.83. The SMILES string of the molecule is O=C(O)OP(=O)(OCl)OC(=O)O. The summed E-state index contributed by atoms with van der Waals surface area (Å²) in [5.41, 5.74) is 0. The van der Waals surface area contributed by atoms with E-state index in [1.807, 2.05) is 0 Å². The quantitative estimate of drug-likeness (QED) is 0.689. The van der Waals surface area contributed by atoms with Gasteiger partial charge >= 0.3 is 20.1 Å². The standard InChI is InChI=1S/C2H2ClO8P/c3-11-12(8,9-1(4)5)10-2(6)7/h(H,4,5)(H,6,7). The van der Waals surface area contributed by atoms with Gasteiger partial charge in [-0.25, -0.2) is 14.2 Å². The highest BCUT2D eigenvalue weighted by molar-refractivity contribution is 7.50. The molecule has 0 radical (unpaired) electrons. The number of phosphoric acid groups is 1. The van der Waals surface area contributed by atoms with Crippen LogP contribution in [0.25, 0.3) is 0 Å². The van der Waals surface area contributed by atoms with Gasteiger partial charge in [-0.2, -0.15) is 4.08 Å². The van der Waals surface area contributed by atoms with Gasteiger partial charge in [-0.1, -0.05) is 0 Å². The molecule has 0 aromatic rings. The molecule has 12 heavy (non-hydrogen) atoms. The molecule has 70 valence electrons. The fraction of sp³-hybridized carbons (Fsp3) is 0. The zero-order valence-electron chi connectivity index (χ0n) is 5.17. The van der Waals surface area contributed by atoms with Gasteiger partial charge in [0.25, 0.3) is 0 Å². The molecule has 0 aromatic carbocycles. The summed E-state index contributed by atoms with van der Waals surface area (Å²) in [5.74, 6) is 0. The number of carboxylic acid groups (broad SMARTS) is 2. The number of hydrogen-bond acceptors (Lipinski definition) is 6. The predicted molar refractivity (Wildman–Crippen MR) is 32.8 cm³/mol. The molecule has 0 aromatic heterocycles. The Balaban J connectivity index is 4.35. The number of halogens is 1. The lowest BCUT2D eigenvalue weighted by atomic mass is 11.5. The van der Waals surface area contributed by atoms with Crippen LogP contribution in [0.15, 0.2) is 0 Å². The molecule has 0 aliphatic rings. The number of carbonyl (C=O) groups is 2. The molecule has 0 rings (SSSR count). The van der Waals surface area contributed by atoms with Crippen LogP contribution >= 0.6 is 19.7 Å². The first-order chi connectivity index (χ1) is 5.39. The van der Waals surface area contributed by atoms with Crippen LogP contribution in [0, 0.1) is 0 Å². The van der Waals surface area contributed by atoms with E-state index in [0.717, 1.165) is 0 Å². The molecular formula is C2H2ClO8P. The van der Waals surface area contributed by atoms with E-state index in [-0.39, 0.29) is 0 Å². The highest BCUT2D eigenvalue weighted by atomic mass is 35.5. The Hall–Kier alpha value is -0.980. The molecule has 0 aliphatic heterocycles. The summed E-state index contributed by atoms with van der Waals surface area (Å²) >= 11 is 4.46. The molecule has 0 saturated heterocycles. The number of hydrogen-bond donors (Lipinski definition) is 2. The number of rotatable bonds is 3. The largest absolute Gasteiger partial charge is 0.613 e. The molecule has 0 aliphatic carbocycles. The van der Waals surface area contributed by atoms with Crippen molar-refractivity contribution < 1.29 is 37.5 Å². The zero-order chi connectivity index (χ0) is 9.78. The molecule has 0 heterocycles. The molecule has 0 saturated carbocycles. The third-order valence-electron chi connectivity index (χ3n) is 0.464. The van der Waals surface area contributed by atoms with Gasteiger partial charge in [0.05, 0.1) is 11.9 Å². The van der Waals surface area contributed by atoms with Crippen molar-refractivity contribution in [2.75, 3.05) is 0 Å². The summed E-state index contributed by atoms with van der Waals surface area (Å²) in [6.45, 7) is 0.